The maximum atomic E-state index is 11.2. The maximum absolute atomic E-state index is 11.2. The van der Waals surface area contributed by atoms with Crippen LogP contribution in [-0.4, -0.2) is 51.3 Å². The van der Waals surface area contributed by atoms with Gasteiger partial charge in [-0.15, -0.1) is 0 Å². The van der Waals surface area contributed by atoms with E-state index in [-0.39, 0.29) is 18.5 Å². The molecule has 6 nitrogen and oxygen atoms in total. The zero-order valence-corrected chi connectivity index (χ0v) is 10.6. The van der Waals surface area contributed by atoms with E-state index < -0.39 is 0 Å². The van der Waals surface area contributed by atoms with Crippen LogP contribution in [0.5, 0.6) is 0 Å². The van der Waals surface area contributed by atoms with Crippen LogP contribution in [0, 0.1) is 0 Å². The third-order valence-electron chi connectivity index (χ3n) is 1.88. The first-order chi connectivity index (χ1) is 8.16. The summed E-state index contributed by atoms with van der Waals surface area (Å²) in [7, 11) is 0. The van der Waals surface area contributed by atoms with Crippen molar-refractivity contribution in [2.45, 2.75) is 20.3 Å². The lowest BCUT2D eigenvalue weighted by molar-refractivity contribution is -0.141. The molecule has 0 aliphatic rings. The molecule has 0 aromatic heterocycles. The Morgan fingerprint density at radius 2 is 1.88 bits per heavy atom. The highest BCUT2D eigenvalue weighted by molar-refractivity contribution is 5.75. The lowest BCUT2D eigenvalue weighted by Crippen LogP contribution is -2.29. The van der Waals surface area contributed by atoms with Crippen LogP contribution in [0.15, 0.2) is 0 Å². The van der Waals surface area contributed by atoms with Gasteiger partial charge in [0.15, 0.2) is 0 Å². The molecule has 0 unspecified atom stereocenters. The highest BCUT2D eigenvalue weighted by Crippen LogP contribution is 1.83. The third kappa shape index (κ3) is 12.8. The van der Waals surface area contributed by atoms with E-state index >= 15 is 0 Å². The lowest BCUT2D eigenvalue weighted by atomic mass is 10.4. The molecule has 0 aliphatic carbocycles. The van der Waals surface area contributed by atoms with Crippen molar-refractivity contribution >= 4 is 11.9 Å². The Labute approximate surface area is 102 Å². The molecule has 0 aliphatic heterocycles. The van der Waals surface area contributed by atoms with E-state index in [1.165, 1.54) is 6.92 Å². The van der Waals surface area contributed by atoms with Crippen LogP contribution in [0.2, 0.25) is 0 Å². The number of rotatable bonds is 10. The predicted octanol–water partition coefficient (Wildman–Crippen LogP) is -0.318. The van der Waals surface area contributed by atoms with Crippen LogP contribution in [-0.2, 0) is 19.1 Å². The monoisotopic (exact) mass is 246 g/mol. The molecular formula is C11H22N2O4. The molecule has 0 spiro atoms. The summed E-state index contributed by atoms with van der Waals surface area (Å²) < 4.78 is 9.91. The van der Waals surface area contributed by atoms with Crippen LogP contribution >= 0.6 is 0 Å². The van der Waals surface area contributed by atoms with Crippen molar-refractivity contribution in [2.24, 2.45) is 0 Å². The number of ether oxygens (including phenoxy) is 2. The number of esters is 1. The van der Waals surface area contributed by atoms with Crippen molar-refractivity contribution in [2.75, 3.05) is 39.5 Å². The third-order valence-corrected chi connectivity index (χ3v) is 1.88. The number of amides is 1. The van der Waals surface area contributed by atoms with Gasteiger partial charge in [-0.25, -0.2) is 0 Å². The zero-order chi connectivity index (χ0) is 12.9. The number of carbonyl (C=O) groups is 2. The van der Waals surface area contributed by atoms with E-state index in [9.17, 15) is 9.59 Å². The summed E-state index contributed by atoms with van der Waals surface area (Å²) in [5.74, 6) is -0.438. The fourth-order valence-electron chi connectivity index (χ4n) is 1.06. The van der Waals surface area contributed by atoms with Gasteiger partial charge in [-0.3, -0.25) is 9.59 Å². The van der Waals surface area contributed by atoms with Gasteiger partial charge in [-0.2, -0.15) is 0 Å². The first kappa shape index (κ1) is 15.9. The average Bonchev–Trinajstić information content (AvgIpc) is 2.29. The van der Waals surface area contributed by atoms with Crippen molar-refractivity contribution in [3.05, 3.63) is 0 Å². The summed E-state index contributed by atoms with van der Waals surface area (Å²) in [6.45, 7) is 6.64. The van der Waals surface area contributed by atoms with Gasteiger partial charge in [-0.1, -0.05) is 6.92 Å². The first-order valence-corrected chi connectivity index (χ1v) is 5.85. The molecule has 0 heterocycles. The van der Waals surface area contributed by atoms with Crippen molar-refractivity contribution < 1.29 is 19.1 Å². The molecule has 17 heavy (non-hydrogen) atoms. The Bertz CT molecular complexity index is 222. The molecule has 100 valence electrons. The number of carbonyl (C=O) groups excluding carboxylic acids is 2. The van der Waals surface area contributed by atoms with E-state index in [2.05, 4.69) is 15.4 Å². The van der Waals surface area contributed by atoms with Gasteiger partial charge < -0.3 is 20.1 Å². The smallest absolute Gasteiger partial charge is 0.302 e. The van der Waals surface area contributed by atoms with E-state index in [4.69, 9.17) is 4.74 Å². The van der Waals surface area contributed by atoms with Gasteiger partial charge in [0.1, 0.15) is 6.61 Å². The van der Waals surface area contributed by atoms with Gasteiger partial charge in [0, 0.05) is 19.9 Å². The Morgan fingerprint density at radius 1 is 1.12 bits per heavy atom. The molecule has 0 radical (unpaired) electrons. The largest absolute Gasteiger partial charge is 0.464 e. The molecule has 0 atom stereocenters. The van der Waals surface area contributed by atoms with E-state index in [0.717, 1.165) is 13.1 Å². The summed E-state index contributed by atoms with van der Waals surface area (Å²) in [6, 6.07) is 0. The minimum absolute atomic E-state index is 0.0967. The van der Waals surface area contributed by atoms with Gasteiger partial charge in [0.2, 0.25) is 5.91 Å². The van der Waals surface area contributed by atoms with Crippen molar-refractivity contribution in [3.63, 3.8) is 0 Å². The second-order valence-corrected chi connectivity index (χ2v) is 3.41. The molecule has 6 heteroatoms. The normalized spacial score (nSPS) is 10.0. The van der Waals surface area contributed by atoms with Crippen molar-refractivity contribution in [3.8, 4) is 0 Å². The van der Waals surface area contributed by atoms with E-state index in [0.29, 0.717) is 26.2 Å². The van der Waals surface area contributed by atoms with Crippen LogP contribution in [0.4, 0.5) is 0 Å². The van der Waals surface area contributed by atoms with Crippen molar-refractivity contribution in [1.29, 1.82) is 0 Å². The first-order valence-electron chi connectivity index (χ1n) is 5.85. The van der Waals surface area contributed by atoms with E-state index in [1.807, 2.05) is 6.92 Å². The van der Waals surface area contributed by atoms with Crippen LogP contribution < -0.4 is 10.6 Å². The molecule has 0 saturated carbocycles. The molecule has 0 fully saturated rings. The Morgan fingerprint density at radius 3 is 2.53 bits per heavy atom. The van der Waals surface area contributed by atoms with Gasteiger partial charge >= 0.3 is 5.97 Å². The van der Waals surface area contributed by atoms with Gasteiger partial charge in [-0.05, 0) is 6.54 Å². The molecule has 0 aromatic carbocycles. The number of likely N-dealkylation sites (N-methyl/N-ethyl adjacent to an activating group) is 1. The van der Waals surface area contributed by atoms with Gasteiger partial charge in [0.25, 0.3) is 0 Å². The Kier molecular flexibility index (Phi) is 10.6. The maximum Gasteiger partial charge on any atom is 0.302 e. The molecular weight excluding hydrogens is 224 g/mol. The summed E-state index contributed by atoms with van der Waals surface area (Å²) in [4.78, 5) is 21.7. The van der Waals surface area contributed by atoms with Crippen LogP contribution in [0.3, 0.4) is 0 Å². The lowest BCUT2D eigenvalue weighted by Gasteiger charge is -2.06. The number of hydrogen-bond acceptors (Lipinski definition) is 5. The topological polar surface area (TPSA) is 76.7 Å². The zero-order valence-electron chi connectivity index (χ0n) is 10.6. The number of hydrogen-bond donors (Lipinski definition) is 2. The molecule has 0 bridgehead atoms. The molecule has 2 N–H and O–H groups in total. The summed E-state index contributed by atoms with van der Waals surface area (Å²) >= 11 is 0. The SMILES string of the molecule is CCNCCOCCC(=O)NCCOC(C)=O. The second kappa shape index (κ2) is 11.3. The Hall–Kier alpha value is -1.14. The highest BCUT2D eigenvalue weighted by Gasteiger charge is 2.00. The predicted molar refractivity (Wildman–Crippen MR) is 63.6 cm³/mol. The quantitative estimate of drug-likeness (QED) is 0.408. The fourth-order valence-corrected chi connectivity index (χ4v) is 1.06. The Balaban J connectivity index is 3.20. The summed E-state index contributed by atoms with van der Waals surface area (Å²) in [6.07, 6.45) is 0.326. The van der Waals surface area contributed by atoms with Crippen LogP contribution in [0.25, 0.3) is 0 Å². The molecule has 0 rings (SSSR count). The molecule has 0 saturated heterocycles. The van der Waals surface area contributed by atoms with Crippen molar-refractivity contribution in [1.82, 2.24) is 10.6 Å². The minimum atomic E-state index is -0.342. The fraction of sp³-hybridized carbons (Fsp3) is 0.818. The van der Waals surface area contributed by atoms with Gasteiger partial charge in [0.05, 0.1) is 19.8 Å². The molecule has 0 aromatic rings. The standard InChI is InChI=1S/C11H22N2O4/c1-3-12-5-8-16-7-4-11(15)13-6-9-17-10(2)14/h12H,3-9H2,1-2H3,(H,13,15). The minimum Gasteiger partial charge on any atom is -0.464 e. The number of nitrogens with one attached hydrogen (secondary N) is 2. The summed E-state index contributed by atoms with van der Waals surface area (Å²) in [5.41, 5.74) is 0. The summed E-state index contributed by atoms with van der Waals surface area (Å²) in [5, 5.41) is 5.74. The van der Waals surface area contributed by atoms with Crippen LogP contribution in [0.1, 0.15) is 20.3 Å². The average molecular weight is 246 g/mol. The highest BCUT2D eigenvalue weighted by atomic mass is 16.5. The van der Waals surface area contributed by atoms with E-state index in [1.54, 1.807) is 0 Å². The second-order valence-electron chi connectivity index (χ2n) is 3.41. The molecule has 1 amide bonds.